The maximum atomic E-state index is 4.59. The van der Waals surface area contributed by atoms with Gasteiger partial charge in [-0.2, -0.15) is 0 Å². The minimum absolute atomic E-state index is 0.783. The van der Waals surface area contributed by atoms with Crippen LogP contribution in [0.25, 0.3) is 0 Å². The number of rotatable bonds is 6. The van der Waals surface area contributed by atoms with E-state index in [9.17, 15) is 0 Å². The molecule has 2 rings (SSSR count). The molecule has 0 radical (unpaired) electrons. The van der Waals surface area contributed by atoms with Gasteiger partial charge in [0.2, 0.25) is 5.95 Å². The van der Waals surface area contributed by atoms with Crippen LogP contribution in [-0.4, -0.2) is 23.6 Å². The molecule has 4 nitrogen and oxygen atoms in total. The first-order chi connectivity index (χ1) is 9.20. The lowest BCUT2D eigenvalue weighted by molar-refractivity contribution is 0.714. The van der Waals surface area contributed by atoms with Crippen molar-refractivity contribution in [3.8, 4) is 0 Å². The van der Waals surface area contributed by atoms with Gasteiger partial charge in [-0.3, -0.25) is 0 Å². The fourth-order valence-corrected chi connectivity index (χ4v) is 2.56. The first-order valence-corrected chi connectivity index (χ1v) is 7.35. The largest absolute Gasteiger partial charge is 0.339 e. The molecule has 2 aromatic heterocycles. The summed E-state index contributed by atoms with van der Waals surface area (Å²) >= 11 is 1.76. The third-order valence-electron chi connectivity index (χ3n) is 2.95. The zero-order valence-corrected chi connectivity index (χ0v) is 12.5. The highest BCUT2D eigenvalue weighted by Crippen LogP contribution is 2.15. The average molecular weight is 276 g/mol. The van der Waals surface area contributed by atoms with Crippen molar-refractivity contribution in [1.82, 2.24) is 15.3 Å². The topological polar surface area (TPSA) is 41.1 Å². The number of aromatic nitrogens is 2. The fourth-order valence-electron chi connectivity index (χ4n) is 1.80. The van der Waals surface area contributed by atoms with Crippen LogP contribution in [0.1, 0.15) is 23.1 Å². The van der Waals surface area contributed by atoms with E-state index in [1.54, 1.807) is 11.3 Å². The second-order valence-corrected chi connectivity index (χ2v) is 5.53. The van der Waals surface area contributed by atoms with Crippen LogP contribution in [0.5, 0.6) is 0 Å². The fraction of sp³-hybridized carbons (Fsp3) is 0.429. The van der Waals surface area contributed by atoms with Gasteiger partial charge in [-0.1, -0.05) is 13.0 Å². The predicted octanol–water partition coefficient (Wildman–Crippen LogP) is 2.59. The second kappa shape index (κ2) is 6.63. The molecular formula is C14H20N4S. The smallest absolute Gasteiger partial charge is 0.225 e. The molecule has 0 saturated heterocycles. The maximum Gasteiger partial charge on any atom is 0.225 e. The molecule has 0 atom stereocenters. The van der Waals surface area contributed by atoms with Gasteiger partial charge in [-0.05, 0) is 24.9 Å². The summed E-state index contributed by atoms with van der Waals surface area (Å²) in [6.07, 6.45) is 1.92. The van der Waals surface area contributed by atoms with E-state index >= 15 is 0 Å². The van der Waals surface area contributed by atoms with Crippen molar-refractivity contribution in [2.24, 2.45) is 0 Å². The third-order valence-corrected chi connectivity index (χ3v) is 3.81. The van der Waals surface area contributed by atoms with E-state index in [0.717, 1.165) is 36.8 Å². The van der Waals surface area contributed by atoms with Crippen molar-refractivity contribution >= 4 is 17.3 Å². The Labute approximate surface area is 118 Å². The number of nitrogens with one attached hydrogen (secondary N) is 1. The van der Waals surface area contributed by atoms with Crippen LogP contribution in [-0.2, 0) is 13.1 Å². The molecule has 0 amide bonds. The Bertz CT molecular complexity index is 510. The number of aryl methyl sites for hydroxylation is 1. The van der Waals surface area contributed by atoms with Gasteiger partial charge in [0.15, 0.2) is 0 Å². The predicted molar refractivity (Wildman–Crippen MR) is 80.6 cm³/mol. The zero-order chi connectivity index (χ0) is 13.7. The van der Waals surface area contributed by atoms with Crippen LogP contribution in [0.3, 0.4) is 0 Å². The minimum Gasteiger partial charge on any atom is -0.339 e. The van der Waals surface area contributed by atoms with E-state index in [0.29, 0.717) is 0 Å². The van der Waals surface area contributed by atoms with Crippen molar-refractivity contribution in [2.75, 3.05) is 18.5 Å². The highest BCUT2D eigenvalue weighted by Gasteiger charge is 2.08. The van der Waals surface area contributed by atoms with Crippen LogP contribution in [0.2, 0.25) is 0 Å². The van der Waals surface area contributed by atoms with E-state index in [2.05, 4.69) is 44.6 Å². The van der Waals surface area contributed by atoms with Gasteiger partial charge < -0.3 is 10.2 Å². The molecule has 0 saturated carbocycles. The molecule has 0 spiro atoms. The highest BCUT2D eigenvalue weighted by molar-refractivity contribution is 7.09. The Morgan fingerprint density at radius 2 is 2.26 bits per heavy atom. The number of hydrogen-bond acceptors (Lipinski definition) is 5. The molecule has 2 aromatic rings. The summed E-state index contributed by atoms with van der Waals surface area (Å²) in [4.78, 5) is 12.4. The summed E-state index contributed by atoms with van der Waals surface area (Å²) in [6, 6.07) is 4.20. The van der Waals surface area contributed by atoms with E-state index < -0.39 is 0 Å². The summed E-state index contributed by atoms with van der Waals surface area (Å²) in [5.41, 5.74) is 2.21. The molecule has 5 heteroatoms. The first kappa shape index (κ1) is 14.0. The number of nitrogens with zero attached hydrogens (tertiary/aromatic N) is 3. The molecule has 2 heterocycles. The van der Waals surface area contributed by atoms with Gasteiger partial charge in [0, 0.05) is 35.9 Å². The van der Waals surface area contributed by atoms with E-state index in [4.69, 9.17) is 0 Å². The molecule has 0 aromatic carbocycles. The van der Waals surface area contributed by atoms with Crippen LogP contribution in [0, 0.1) is 6.92 Å². The van der Waals surface area contributed by atoms with E-state index in [1.807, 2.05) is 20.2 Å². The van der Waals surface area contributed by atoms with E-state index in [-0.39, 0.29) is 0 Å². The van der Waals surface area contributed by atoms with Crippen LogP contribution in [0.4, 0.5) is 5.95 Å². The SMILES string of the molecule is CCNCc1cnc(N(C)Cc2cccs2)nc1C. The first-order valence-electron chi connectivity index (χ1n) is 6.47. The number of anilines is 1. The summed E-state index contributed by atoms with van der Waals surface area (Å²) in [5, 5.41) is 5.39. The van der Waals surface area contributed by atoms with E-state index in [1.165, 1.54) is 4.88 Å². The Morgan fingerprint density at radius 3 is 2.89 bits per heavy atom. The monoisotopic (exact) mass is 276 g/mol. The van der Waals surface area contributed by atoms with Gasteiger partial charge in [0.25, 0.3) is 0 Å². The summed E-state index contributed by atoms with van der Waals surface area (Å²) in [5.74, 6) is 0.783. The molecule has 0 bridgehead atoms. The zero-order valence-electron chi connectivity index (χ0n) is 11.7. The molecule has 102 valence electrons. The highest BCUT2D eigenvalue weighted by atomic mass is 32.1. The lowest BCUT2D eigenvalue weighted by Gasteiger charge is -2.17. The quantitative estimate of drug-likeness (QED) is 0.880. The molecule has 0 aliphatic heterocycles. The molecule has 0 fully saturated rings. The Kier molecular flexibility index (Phi) is 4.87. The Morgan fingerprint density at radius 1 is 1.42 bits per heavy atom. The third kappa shape index (κ3) is 3.75. The van der Waals surface area contributed by atoms with Gasteiger partial charge in [0.1, 0.15) is 0 Å². The van der Waals surface area contributed by atoms with Crippen LogP contribution in [0.15, 0.2) is 23.7 Å². The molecule has 0 aliphatic carbocycles. The summed E-state index contributed by atoms with van der Waals surface area (Å²) < 4.78 is 0. The number of thiophene rings is 1. The average Bonchev–Trinajstić information content (AvgIpc) is 2.90. The van der Waals surface area contributed by atoms with Gasteiger partial charge in [-0.25, -0.2) is 9.97 Å². The van der Waals surface area contributed by atoms with Crippen molar-refractivity contribution in [2.45, 2.75) is 26.9 Å². The van der Waals surface area contributed by atoms with Crippen molar-refractivity contribution in [3.05, 3.63) is 39.8 Å². The minimum atomic E-state index is 0.783. The van der Waals surface area contributed by atoms with Crippen molar-refractivity contribution in [3.63, 3.8) is 0 Å². The Balaban J connectivity index is 2.06. The molecular weight excluding hydrogens is 256 g/mol. The molecule has 0 aliphatic rings. The van der Waals surface area contributed by atoms with Crippen molar-refractivity contribution < 1.29 is 0 Å². The van der Waals surface area contributed by atoms with Crippen LogP contribution < -0.4 is 10.2 Å². The van der Waals surface area contributed by atoms with Crippen LogP contribution >= 0.6 is 11.3 Å². The van der Waals surface area contributed by atoms with Gasteiger partial charge >= 0.3 is 0 Å². The number of hydrogen-bond donors (Lipinski definition) is 1. The summed E-state index contributed by atoms with van der Waals surface area (Å²) in [7, 11) is 2.03. The lowest BCUT2D eigenvalue weighted by Crippen LogP contribution is -2.20. The Hall–Kier alpha value is -1.46. The standard InChI is InChI=1S/C14H20N4S/c1-4-15-8-12-9-16-14(17-11(12)2)18(3)10-13-6-5-7-19-13/h5-7,9,15H,4,8,10H2,1-3H3. The van der Waals surface area contributed by atoms with Gasteiger partial charge in [-0.15, -0.1) is 11.3 Å². The van der Waals surface area contributed by atoms with Gasteiger partial charge in [0.05, 0.1) is 6.54 Å². The molecule has 19 heavy (non-hydrogen) atoms. The molecule has 0 unspecified atom stereocenters. The van der Waals surface area contributed by atoms with Crippen molar-refractivity contribution in [1.29, 1.82) is 0 Å². The normalized spacial score (nSPS) is 10.7. The second-order valence-electron chi connectivity index (χ2n) is 4.50. The maximum absolute atomic E-state index is 4.59. The summed E-state index contributed by atoms with van der Waals surface area (Å²) in [6.45, 7) is 6.77. The molecule has 1 N–H and O–H groups in total. The lowest BCUT2D eigenvalue weighted by atomic mass is 10.2.